The van der Waals surface area contributed by atoms with Crippen molar-refractivity contribution in [1.29, 1.82) is 0 Å². The molecule has 0 unspecified atom stereocenters. The van der Waals surface area contributed by atoms with Gasteiger partial charge in [-0.2, -0.15) is 0 Å². The minimum atomic E-state index is -0.423. The molecular formula is C14H12N4O3. The molecule has 0 amide bonds. The van der Waals surface area contributed by atoms with Crippen molar-refractivity contribution in [2.24, 2.45) is 7.05 Å². The van der Waals surface area contributed by atoms with E-state index >= 15 is 0 Å². The Morgan fingerprint density at radius 1 is 1.29 bits per heavy atom. The van der Waals surface area contributed by atoms with Gasteiger partial charge < -0.3 is 9.30 Å². The van der Waals surface area contributed by atoms with Crippen molar-refractivity contribution in [3.63, 3.8) is 0 Å². The van der Waals surface area contributed by atoms with Gasteiger partial charge >= 0.3 is 0 Å². The Balaban J connectivity index is 1.89. The molecule has 0 N–H and O–H groups in total. The number of hydrogen-bond donors (Lipinski definition) is 0. The van der Waals surface area contributed by atoms with E-state index in [1.165, 1.54) is 6.07 Å². The molecule has 0 aliphatic carbocycles. The highest BCUT2D eigenvalue weighted by Crippen LogP contribution is 2.24. The second-order valence-corrected chi connectivity index (χ2v) is 4.51. The molecule has 0 spiro atoms. The van der Waals surface area contributed by atoms with Crippen molar-refractivity contribution in [2.45, 2.75) is 6.61 Å². The summed E-state index contributed by atoms with van der Waals surface area (Å²) in [6.45, 7) is 0.0693. The zero-order valence-corrected chi connectivity index (χ0v) is 11.3. The van der Waals surface area contributed by atoms with E-state index in [9.17, 15) is 10.1 Å². The minimum absolute atomic E-state index is 0.0331. The van der Waals surface area contributed by atoms with Gasteiger partial charge in [-0.05, 0) is 12.1 Å². The van der Waals surface area contributed by atoms with E-state index < -0.39 is 4.92 Å². The van der Waals surface area contributed by atoms with Crippen LogP contribution in [0.25, 0.3) is 11.0 Å². The highest BCUT2D eigenvalue weighted by molar-refractivity contribution is 5.79. The number of aryl methyl sites for hydroxylation is 1. The first kappa shape index (κ1) is 13.0. The lowest BCUT2D eigenvalue weighted by Gasteiger charge is -2.06. The molecule has 0 bridgehead atoms. The zero-order chi connectivity index (χ0) is 14.8. The largest absolute Gasteiger partial charge is 0.471 e. The summed E-state index contributed by atoms with van der Waals surface area (Å²) in [6, 6.07) is 8.31. The van der Waals surface area contributed by atoms with Crippen molar-refractivity contribution in [3.8, 4) is 5.88 Å². The first-order valence-electron chi connectivity index (χ1n) is 6.28. The number of pyridine rings is 1. The van der Waals surface area contributed by atoms with Gasteiger partial charge in [0.1, 0.15) is 6.61 Å². The Morgan fingerprint density at radius 3 is 2.90 bits per heavy atom. The van der Waals surface area contributed by atoms with Crippen molar-refractivity contribution < 1.29 is 9.66 Å². The van der Waals surface area contributed by atoms with Crippen LogP contribution < -0.4 is 4.74 Å². The molecule has 106 valence electrons. The molecule has 7 heteroatoms. The van der Waals surface area contributed by atoms with Crippen molar-refractivity contribution in [1.82, 2.24) is 14.5 Å². The van der Waals surface area contributed by atoms with Crippen LogP contribution in [0.2, 0.25) is 0 Å². The number of hydrogen-bond acceptors (Lipinski definition) is 5. The number of nitrogens with zero attached hydrogens (tertiary/aromatic N) is 4. The summed E-state index contributed by atoms with van der Waals surface area (Å²) < 4.78 is 7.47. The molecule has 2 aromatic heterocycles. The predicted octanol–water partition coefficient (Wildman–Crippen LogP) is 2.46. The molecule has 3 aromatic rings. The summed E-state index contributed by atoms with van der Waals surface area (Å²) in [5.74, 6) is 0.367. The number of fused-ring (bicyclic) bond motifs is 1. The van der Waals surface area contributed by atoms with Crippen molar-refractivity contribution >= 4 is 16.7 Å². The number of nitro benzene ring substituents is 1. The minimum Gasteiger partial charge on any atom is -0.471 e. The van der Waals surface area contributed by atoms with E-state index in [4.69, 9.17) is 4.74 Å². The smallest absolute Gasteiger partial charge is 0.276 e. The van der Waals surface area contributed by atoms with Crippen LogP contribution in [0.4, 0.5) is 5.69 Å². The van der Waals surface area contributed by atoms with Crippen LogP contribution in [-0.2, 0) is 13.7 Å². The predicted molar refractivity (Wildman–Crippen MR) is 75.9 cm³/mol. The zero-order valence-electron chi connectivity index (χ0n) is 11.3. The summed E-state index contributed by atoms with van der Waals surface area (Å²) in [5.41, 5.74) is 2.06. The summed E-state index contributed by atoms with van der Waals surface area (Å²) in [5, 5.41) is 11.0. The van der Waals surface area contributed by atoms with Gasteiger partial charge in [-0.25, -0.2) is 9.97 Å². The first-order valence-corrected chi connectivity index (χ1v) is 6.28. The maximum atomic E-state index is 11.0. The topological polar surface area (TPSA) is 83.1 Å². The van der Waals surface area contributed by atoms with Crippen molar-refractivity contribution in [2.75, 3.05) is 0 Å². The fraction of sp³-hybridized carbons (Fsp3) is 0.143. The standard InChI is InChI=1S/C14H12N4O3/c1-17-9-16-13-12(17)6-7-15-14(13)21-8-10-4-2-3-5-11(10)18(19)20/h2-7,9H,8H2,1H3. The van der Waals surface area contributed by atoms with Crippen LogP contribution in [0.1, 0.15) is 5.56 Å². The van der Waals surface area contributed by atoms with E-state index in [1.807, 2.05) is 17.7 Å². The van der Waals surface area contributed by atoms with Gasteiger partial charge in [0.05, 0.1) is 22.3 Å². The van der Waals surface area contributed by atoms with E-state index in [2.05, 4.69) is 9.97 Å². The lowest BCUT2D eigenvalue weighted by atomic mass is 10.2. The maximum Gasteiger partial charge on any atom is 0.276 e. The van der Waals surface area contributed by atoms with Crippen LogP contribution in [0, 0.1) is 10.1 Å². The second-order valence-electron chi connectivity index (χ2n) is 4.51. The Hall–Kier alpha value is -2.96. The molecule has 0 saturated carbocycles. The molecule has 0 fully saturated rings. The lowest BCUT2D eigenvalue weighted by Crippen LogP contribution is -2.01. The number of ether oxygens (including phenoxy) is 1. The third-order valence-electron chi connectivity index (χ3n) is 3.16. The van der Waals surface area contributed by atoms with Crippen LogP contribution >= 0.6 is 0 Å². The molecule has 0 saturated heterocycles. The fourth-order valence-corrected chi connectivity index (χ4v) is 2.10. The number of nitro groups is 1. The molecule has 0 radical (unpaired) electrons. The van der Waals surface area contributed by atoms with Gasteiger partial charge in [-0.15, -0.1) is 0 Å². The third kappa shape index (κ3) is 2.40. The summed E-state index contributed by atoms with van der Waals surface area (Å²) >= 11 is 0. The van der Waals surface area contributed by atoms with Crippen molar-refractivity contribution in [3.05, 3.63) is 58.5 Å². The number of para-hydroxylation sites is 1. The Bertz CT molecular complexity index is 813. The Morgan fingerprint density at radius 2 is 2.10 bits per heavy atom. The SMILES string of the molecule is Cn1cnc2c(OCc3ccccc3[N+](=O)[O-])nccc21. The van der Waals surface area contributed by atoms with Crippen LogP contribution in [0.15, 0.2) is 42.9 Å². The average Bonchev–Trinajstić information content (AvgIpc) is 2.87. The maximum absolute atomic E-state index is 11.0. The quantitative estimate of drug-likeness (QED) is 0.543. The van der Waals surface area contributed by atoms with Crippen LogP contribution in [-0.4, -0.2) is 19.5 Å². The normalized spacial score (nSPS) is 10.7. The number of benzene rings is 1. The molecule has 2 heterocycles. The van der Waals surface area contributed by atoms with E-state index in [0.717, 1.165) is 5.52 Å². The highest BCUT2D eigenvalue weighted by Gasteiger charge is 2.14. The van der Waals surface area contributed by atoms with Gasteiger partial charge in [0.2, 0.25) is 5.88 Å². The Labute approximate surface area is 120 Å². The number of aromatic nitrogens is 3. The molecule has 0 aliphatic rings. The molecule has 21 heavy (non-hydrogen) atoms. The Kier molecular flexibility index (Phi) is 3.23. The summed E-state index contributed by atoms with van der Waals surface area (Å²) in [6.07, 6.45) is 3.29. The highest BCUT2D eigenvalue weighted by atomic mass is 16.6. The van der Waals surface area contributed by atoms with Gasteiger partial charge in [0.25, 0.3) is 5.69 Å². The average molecular weight is 284 g/mol. The lowest BCUT2D eigenvalue weighted by molar-refractivity contribution is -0.385. The van der Waals surface area contributed by atoms with E-state index in [-0.39, 0.29) is 12.3 Å². The fourth-order valence-electron chi connectivity index (χ4n) is 2.10. The van der Waals surface area contributed by atoms with Crippen LogP contribution in [0.5, 0.6) is 5.88 Å². The number of imidazole rings is 1. The molecular weight excluding hydrogens is 272 g/mol. The van der Waals surface area contributed by atoms with E-state index in [0.29, 0.717) is 17.0 Å². The molecule has 7 nitrogen and oxygen atoms in total. The molecule has 0 atom stereocenters. The van der Waals surface area contributed by atoms with Gasteiger partial charge in [0.15, 0.2) is 5.52 Å². The van der Waals surface area contributed by atoms with E-state index in [1.54, 1.807) is 30.7 Å². The van der Waals surface area contributed by atoms with Gasteiger partial charge in [-0.3, -0.25) is 10.1 Å². The second kappa shape index (κ2) is 5.20. The first-order chi connectivity index (χ1) is 10.2. The molecule has 0 aliphatic heterocycles. The summed E-state index contributed by atoms with van der Waals surface area (Å²) in [4.78, 5) is 18.9. The monoisotopic (exact) mass is 284 g/mol. The number of rotatable bonds is 4. The molecule has 1 aromatic carbocycles. The third-order valence-corrected chi connectivity index (χ3v) is 3.16. The molecule has 3 rings (SSSR count). The summed E-state index contributed by atoms with van der Waals surface area (Å²) in [7, 11) is 1.88. The van der Waals surface area contributed by atoms with Gasteiger partial charge in [0, 0.05) is 19.3 Å². The van der Waals surface area contributed by atoms with Crippen LogP contribution in [0.3, 0.4) is 0 Å². The van der Waals surface area contributed by atoms with Gasteiger partial charge in [-0.1, -0.05) is 12.1 Å².